The molecule has 0 unspecified atom stereocenters. The first-order valence-corrected chi connectivity index (χ1v) is 5.56. The van der Waals surface area contributed by atoms with Crippen LogP contribution in [0.3, 0.4) is 0 Å². The number of nitrogens with one attached hydrogen (secondary N) is 1. The molecule has 0 atom stereocenters. The summed E-state index contributed by atoms with van der Waals surface area (Å²) in [6.07, 6.45) is -2.38. The van der Waals surface area contributed by atoms with Gasteiger partial charge in [-0.1, -0.05) is 0 Å². The summed E-state index contributed by atoms with van der Waals surface area (Å²) in [5.41, 5.74) is -1.91. The number of benzene rings is 1. The smallest absolute Gasteiger partial charge is 0.416 e. The Labute approximate surface area is 116 Å². The summed E-state index contributed by atoms with van der Waals surface area (Å²) >= 11 is 0. The van der Waals surface area contributed by atoms with Crippen molar-refractivity contribution in [3.8, 4) is 0 Å². The van der Waals surface area contributed by atoms with Crippen LogP contribution in [-0.2, 0) is 6.18 Å². The van der Waals surface area contributed by atoms with Crippen LogP contribution in [0.2, 0.25) is 0 Å². The Morgan fingerprint density at radius 3 is 2.38 bits per heavy atom. The fourth-order valence-corrected chi connectivity index (χ4v) is 1.58. The second-order valence-electron chi connectivity index (χ2n) is 4.07. The molecule has 0 saturated heterocycles. The summed E-state index contributed by atoms with van der Waals surface area (Å²) in [7, 11) is 0. The molecule has 0 spiro atoms. The number of hydrogen-bond acceptors (Lipinski definition) is 3. The van der Waals surface area contributed by atoms with Gasteiger partial charge >= 0.3 is 12.1 Å². The Balaban J connectivity index is 2.37. The maximum Gasteiger partial charge on any atom is 0.416 e. The van der Waals surface area contributed by atoms with Gasteiger partial charge in [0.15, 0.2) is 0 Å². The number of carbonyl (C=O) groups excluding carboxylic acids is 1. The number of anilines is 1. The van der Waals surface area contributed by atoms with Crippen LogP contribution in [0.5, 0.6) is 0 Å². The minimum atomic E-state index is -4.72. The van der Waals surface area contributed by atoms with Gasteiger partial charge in [-0.15, -0.1) is 0 Å². The largest absolute Gasteiger partial charge is 0.478 e. The molecule has 1 aromatic heterocycles. The molecule has 0 aliphatic carbocycles. The van der Waals surface area contributed by atoms with Crippen LogP contribution in [0.4, 0.5) is 18.9 Å². The van der Waals surface area contributed by atoms with Crippen LogP contribution in [-0.4, -0.2) is 17.0 Å². The summed E-state index contributed by atoms with van der Waals surface area (Å²) in [5, 5.41) is 11.0. The molecule has 0 bridgehead atoms. The summed E-state index contributed by atoms with van der Waals surface area (Å²) < 4.78 is 42.8. The van der Waals surface area contributed by atoms with Gasteiger partial charge in [-0.2, -0.15) is 13.2 Å². The minimum absolute atomic E-state index is 0.101. The summed E-state index contributed by atoms with van der Waals surface area (Å²) in [4.78, 5) is 22.6. The number of rotatable bonds is 3. The molecule has 0 aliphatic rings. The van der Waals surface area contributed by atoms with Crippen molar-refractivity contribution in [1.29, 1.82) is 0 Å². The van der Waals surface area contributed by atoms with Crippen LogP contribution in [0, 0.1) is 0 Å². The van der Waals surface area contributed by atoms with E-state index in [2.05, 4.69) is 9.73 Å². The molecule has 110 valence electrons. The lowest BCUT2D eigenvalue weighted by molar-refractivity contribution is -0.137. The topological polar surface area (TPSA) is 79.5 Å². The molecule has 1 amide bonds. The maximum absolute atomic E-state index is 12.7. The second kappa shape index (κ2) is 5.31. The van der Waals surface area contributed by atoms with E-state index < -0.39 is 29.2 Å². The van der Waals surface area contributed by atoms with Gasteiger partial charge in [0.05, 0.1) is 23.0 Å². The van der Waals surface area contributed by atoms with Crippen LogP contribution in [0.15, 0.2) is 41.2 Å². The average molecular weight is 299 g/mol. The lowest BCUT2D eigenvalue weighted by Gasteiger charge is -2.11. The lowest BCUT2D eigenvalue weighted by atomic mass is 10.1. The van der Waals surface area contributed by atoms with Crippen molar-refractivity contribution >= 4 is 17.6 Å². The third kappa shape index (κ3) is 3.41. The minimum Gasteiger partial charge on any atom is -0.478 e. The van der Waals surface area contributed by atoms with E-state index in [1.807, 2.05) is 0 Å². The van der Waals surface area contributed by atoms with Crippen molar-refractivity contribution in [1.82, 2.24) is 0 Å². The molecule has 2 aromatic rings. The molecule has 0 aliphatic heterocycles. The van der Waals surface area contributed by atoms with Gasteiger partial charge in [0, 0.05) is 5.69 Å². The van der Waals surface area contributed by atoms with E-state index in [9.17, 15) is 22.8 Å². The highest BCUT2D eigenvalue weighted by Crippen LogP contribution is 2.32. The summed E-state index contributed by atoms with van der Waals surface area (Å²) in [6.45, 7) is 0. The molecular weight excluding hydrogens is 291 g/mol. The molecule has 1 aromatic carbocycles. The highest BCUT2D eigenvalue weighted by Gasteiger charge is 2.32. The number of carboxylic acid groups (broad SMARTS) is 1. The van der Waals surface area contributed by atoms with Gasteiger partial charge in [0.1, 0.15) is 6.26 Å². The fraction of sp³-hybridized carbons (Fsp3) is 0.0769. The van der Waals surface area contributed by atoms with E-state index in [1.54, 1.807) is 0 Å². The van der Waals surface area contributed by atoms with Gasteiger partial charge in [0.2, 0.25) is 0 Å². The second-order valence-corrected chi connectivity index (χ2v) is 4.07. The Bertz CT molecular complexity index is 677. The first-order valence-electron chi connectivity index (χ1n) is 5.56. The number of carboxylic acids is 1. The third-order valence-corrected chi connectivity index (χ3v) is 2.55. The summed E-state index contributed by atoms with van der Waals surface area (Å²) in [6, 6.07) is 3.41. The molecule has 5 nitrogen and oxygen atoms in total. The molecule has 8 heteroatoms. The van der Waals surface area contributed by atoms with E-state index in [1.165, 1.54) is 12.3 Å². The maximum atomic E-state index is 12.7. The van der Waals surface area contributed by atoms with E-state index >= 15 is 0 Å². The molecule has 1 heterocycles. The number of amides is 1. The molecule has 2 rings (SSSR count). The number of carbonyl (C=O) groups is 2. The van der Waals surface area contributed by atoms with Crippen molar-refractivity contribution in [2.24, 2.45) is 0 Å². The Hall–Kier alpha value is -2.77. The molecule has 21 heavy (non-hydrogen) atoms. The zero-order valence-corrected chi connectivity index (χ0v) is 10.3. The van der Waals surface area contributed by atoms with E-state index in [0.717, 1.165) is 12.3 Å². The van der Waals surface area contributed by atoms with E-state index in [-0.39, 0.29) is 11.3 Å². The quantitative estimate of drug-likeness (QED) is 0.911. The monoisotopic (exact) mass is 299 g/mol. The van der Waals surface area contributed by atoms with Gasteiger partial charge in [-0.25, -0.2) is 4.79 Å². The Morgan fingerprint density at radius 2 is 1.86 bits per heavy atom. The zero-order valence-electron chi connectivity index (χ0n) is 10.3. The molecule has 0 radical (unpaired) electrons. The Morgan fingerprint density at radius 1 is 1.14 bits per heavy atom. The fourth-order valence-electron chi connectivity index (χ4n) is 1.58. The van der Waals surface area contributed by atoms with Gasteiger partial charge in [-0.05, 0) is 24.3 Å². The van der Waals surface area contributed by atoms with E-state index in [0.29, 0.717) is 12.1 Å². The van der Waals surface area contributed by atoms with Gasteiger partial charge < -0.3 is 14.8 Å². The van der Waals surface area contributed by atoms with Crippen LogP contribution in [0.25, 0.3) is 0 Å². The van der Waals surface area contributed by atoms with E-state index in [4.69, 9.17) is 5.11 Å². The molecule has 0 saturated carbocycles. The van der Waals surface area contributed by atoms with Crippen LogP contribution < -0.4 is 5.32 Å². The Kier molecular flexibility index (Phi) is 3.70. The predicted molar refractivity (Wildman–Crippen MR) is 65.1 cm³/mol. The van der Waals surface area contributed by atoms with Crippen LogP contribution >= 0.6 is 0 Å². The van der Waals surface area contributed by atoms with Crippen molar-refractivity contribution < 1.29 is 32.3 Å². The normalized spacial score (nSPS) is 11.2. The standard InChI is InChI=1S/C13H8F3NO4/c14-13(15,16)9-3-8(12(19)20)4-10(5-9)17-11(18)7-1-2-21-6-7/h1-6H,(H,17,18)(H,19,20). The van der Waals surface area contributed by atoms with Crippen molar-refractivity contribution in [2.75, 3.05) is 5.32 Å². The van der Waals surface area contributed by atoms with Crippen molar-refractivity contribution in [3.05, 3.63) is 53.5 Å². The van der Waals surface area contributed by atoms with Crippen molar-refractivity contribution in [2.45, 2.75) is 6.18 Å². The highest BCUT2D eigenvalue weighted by atomic mass is 19.4. The highest BCUT2D eigenvalue weighted by molar-refractivity contribution is 6.04. The zero-order chi connectivity index (χ0) is 15.6. The molecule has 2 N–H and O–H groups in total. The number of hydrogen-bond donors (Lipinski definition) is 2. The van der Waals surface area contributed by atoms with Gasteiger partial charge in [0.25, 0.3) is 5.91 Å². The van der Waals surface area contributed by atoms with Gasteiger partial charge in [-0.3, -0.25) is 4.79 Å². The number of furan rings is 1. The molecule has 0 fully saturated rings. The first-order chi connectivity index (χ1) is 9.77. The first kappa shape index (κ1) is 14.6. The predicted octanol–water partition coefficient (Wildman–Crippen LogP) is 3.25. The number of aromatic carboxylic acids is 1. The lowest BCUT2D eigenvalue weighted by Crippen LogP contribution is -2.14. The SMILES string of the molecule is O=C(O)c1cc(NC(=O)c2ccoc2)cc(C(F)(F)F)c1. The van der Waals surface area contributed by atoms with Crippen LogP contribution in [0.1, 0.15) is 26.3 Å². The summed E-state index contributed by atoms with van der Waals surface area (Å²) in [5.74, 6) is -2.24. The number of halogens is 3. The van der Waals surface area contributed by atoms with Crippen molar-refractivity contribution in [3.63, 3.8) is 0 Å². The number of alkyl halides is 3. The molecular formula is C13H8F3NO4. The average Bonchev–Trinajstić information content (AvgIpc) is 2.91. The third-order valence-electron chi connectivity index (χ3n) is 2.55.